The maximum atomic E-state index is 10.8. The third kappa shape index (κ3) is 1.72. The van der Waals surface area contributed by atoms with Crippen LogP contribution in [0.15, 0.2) is 6.07 Å². The van der Waals surface area contributed by atoms with Crippen LogP contribution in [0.5, 0.6) is 0 Å². The van der Waals surface area contributed by atoms with Crippen molar-refractivity contribution in [1.82, 2.24) is 4.57 Å². The Labute approximate surface area is 76.4 Å². The number of hydrogen-bond acceptors (Lipinski definition) is 2. The zero-order valence-electron chi connectivity index (χ0n) is 7.74. The molecule has 0 radical (unpaired) electrons. The largest absolute Gasteiger partial charge is 0.477 e. The Kier molecular flexibility index (Phi) is 2.72. The van der Waals surface area contributed by atoms with Gasteiger partial charge in [0.15, 0.2) is 0 Å². The second kappa shape index (κ2) is 3.62. The topological polar surface area (TPSA) is 62.5 Å². The average Bonchev–Trinajstić information content (AvgIpc) is 2.27. The van der Waals surface area contributed by atoms with Gasteiger partial charge in [0.25, 0.3) is 0 Å². The van der Waals surface area contributed by atoms with E-state index >= 15 is 0 Å². The third-order valence-corrected chi connectivity index (χ3v) is 2.02. The Balaban J connectivity index is 3.20. The molecule has 0 bridgehead atoms. The van der Waals surface area contributed by atoms with Crippen LogP contribution >= 0.6 is 0 Å². The van der Waals surface area contributed by atoms with Gasteiger partial charge in [-0.25, -0.2) is 4.79 Å². The van der Waals surface area contributed by atoms with E-state index < -0.39 is 5.97 Å². The molecule has 1 rings (SSSR count). The normalized spacial score (nSPS) is 10.4. The van der Waals surface area contributed by atoms with Crippen LogP contribution in [0, 0.1) is 13.8 Å². The second-order valence-corrected chi connectivity index (χ2v) is 3.00. The summed E-state index contributed by atoms with van der Waals surface area (Å²) in [7, 11) is 0. The highest BCUT2D eigenvalue weighted by Crippen LogP contribution is 2.14. The molecule has 0 saturated heterocycles. The summed E-state index contributed by atoms with van der Waals surface area (Å²) in [5.41, 5.74) is 1.87. The number of aromatic carboxylic acids is 1. The van der Waals surface area contributed by atoms with Crippen molar-refractivity contribution in [2.24, 2.45) is 0 Å². The minimum atomic E-state index is -0.945. The maximum Gasteiger partial charge on any atom is 0.352 e. The monoisotopic (exact) mass is 183 g/mol. The number of aliphatic hydroxyl groups is 1. The Morgan fingerprint density at radius 3 is 2.62 bits per heavy atom. The van der Waals surface area contributed by atoms with Crippen molar-refractivity contribution in [3.05, 3.63) is 23.0 Å². The molecule has 1 aromatic rings. The van der Waals surface area contributed by atoms with E-state index in [1.165, 1.54) is 0 Å². The molecule has 0 atom stereocenters. The first-order valence-corrected chi connectivity index (χ1v) is 4.08. The summed E-state index contributed by atoms with van der Waals surface area (Å²) in [5, 5.41) is 17.6. The van der Waals surface area contributed by atoms with E-state index in [9.17, 15) is 4.79 Å². The predicted octanol–water partition coefficient (Wildman–Crippen LogP) is 0.795. The predicted molar refractivity (Wildman–Crippen MR) is 48.0 cm³/mol. The SMILES string of the molecule is Cc1cc(C)n(CCO)c1C(=O)O. The highest BCUT2D eigenvalue weighted by molar-refractivity contribution is 5.87. The van der Waals surface area contributed by atoms with Crippen molar-refractivity contribution < 1.29 is 15.0 Å². The van der Waals surface area contributed by atoms with Crippen LogP contribution in [0.25, 0.3) is 0 Å². The van der Waals surface area contributed by atoms with E-state index in [0.717, 1.165) is 11.3 Å². The van der Waals surface area contributed by atoms with Crippen LogP contribution in [0.1, 0.15) is 21.7 Å². The van der Waals surface area contributed by atoms with Gasteiger partial charge in [-0.2, -0.15) is 0 Å². The number of hydrogen-bond donors (Lipinski definition) is 2. The number of nitrogens with zero attached hydrogens (tertiary/aromatic N) is 1. The lowest BCUT2D eigenvalue weighted by molar-refractivity contribution is 0.0682. The molecule has 0 aliphatic rings. The number of carboxylic acids is 1. The molecule has 72 valence electrons. The van der Waals surface area contributed by atoms with E-state index in [-0.39, 0.29) is 12.3 Å². The van der Waals surface area contributed by atoms with Crippen molar-refractivity contribution in [3.63, 3.8) is 0 Å². The van der Waals surface area contributed by atoms with Crippen molar-refractivity contribution in [3.8, 4) is 0 Å². The standard InChI is InChI=1S/C9H13NO3/c1-6-5-7(2)10(3-4-11)8(6)9(12)13/h5,11H,3-4H2,1-2H3,(H,12,13). The molecule has 0 fully saturated rings. The molecule has 0 saturated carbocycles. The molecule has 1 heterocycles. The number of carbonyl (C=O) groups is 1. The van der Waals surface area contributed by atoms with E-state index in [1.807, 2.05) is 6.92 Å². The Morgan fingerprint density at radius 1 is 1.54 bits per heavy atom. The van der Waals surface area contributed by atoms with E-state index in [0.29, 0.717) is 6.54 Å². The number of aryl methyl sites for hydroxylation is 2. The fourth-order valence-corrected chi connectivity index (χ4v) is 1.52. The van der Waals surface area contributed by atoms with Crippen LogP contribution in [0.4, 0.5) is 0 Å². The summed E-state index contributed by atoms with van der Waals surface area (Å²) in [5.74, 6) is -0.945. The molecule has 2 N–H and O–H groups in total. The van der Waals surface area contributed by atoms with Gasteiger partial charge in [0.1, 0.15) is 5.69 Å². The first kappa shape index (κ1) is 9.80. The Bertz CT molecular complexity index is 328. The molecular formula is C9H13NO3. The average molecular weight is 183 g/mol. The smallest absolute Gasteiger partial charge is 0.352 e. The zero-order valence-corrected chi connectivity index (χ0v) is 7.74. The highest BCUT2D eigenvalue weighted by Gasteiger charge is 2.15. The van der Waals surface area contributed by atoms with E-state index in [2.05, 4.69) is 0 Å². The molecule has 4 nitrogen and oxygen atoms in total. The quantitative estimate of drug-likeness (QED) is 0.728. The van der Waals surface area contributed by atoms with Gasteiger partial charge in [0, 0.05) is 12.2 Å². The molecule has 0 unspecified atom stereocenters. The second-order valence-electron chi connectivity index (χ2n) is 3.00. The third-order valence-electron chi connectivity index (χ3n) is 2.02. The summed E-state index contributed by atoms with van der Waals surface area (Å²) in [6, 6.07) is 1.80. The van der Waals surface area contributed by atoms with Crippen LogP contribution < -0.4 is 0 Å². The first-order valence-electron chi connectivity index (χ1n) is 4.08. The summed E-state index contributed by atoms with van der Waals surface area (Å²) < 4.78 is 1.61. The Morgan fingerprint density at radius 2 is 2.15 bits per heavy atom. The van der Waals surface area contributed by atoms with E-state index in [4.69, 9.17) is 10.2 Å². The molecule has 0 aliphatic carbocycles. The number of aromatic nitrogens is 1. The molecular weight excluding hydrogens is 170 g/mol. The van der Waals surface area contributed by atoms with Crippen molar-refractivity contribution in [2.45, 2.75) is 20.4 Å². The molecule has 4 heteroatoms. The molecule has 0 aliphatic heterocycles. The summed E-state index contributed by atoms with van der Waals surface area (Å²) >= 11 is 0. The molecule has 1 aromatic heterocycles. The lowest BCUT2D eigenvalue weighted by Gasteiger charge is -2.06. The summed E-state index contributed by atoms with van der Waals surface area (Å²) in [4.78, 5) is 10.8. The van der Waals surface area contributed by atoms with Crippen LogP contribution in [0.2, 0.25) is 0 Å². The van der Waals surface area contributed by atoms with Crippen molar-refractivity contribution in [2.75, 3.05) is 6.61 Å². The van der Waals surface area contributed by atoms with Gasteiger partial charge in [-0.1, -0.05) is 0 Å². The van der Waals surface area contributed by atoms with Gasteiger partial charge in [-0.05, 0) is 25.5 Å². The van der Waals surface area contributed by atoms with Gasteiger partial charge >= 0.3 is 5.97 Å². The summed E-state index contributed by atoms with van der Waals surface area (Å²) in [6.07, 6.45) is 0. The fourth-order valence-electron chi connectivity index (χ4n) is 1.52. The van der Waals surface area contributed by atoms with Gasteiger partial charge < -0.3 is 14.8 Å². The van der Waals surface area contributed by atoms with Crippen LogP contribution in [0.3, 0.4) is 0 Å². The molecule has 13 heavy (non-hydrogen) atoms. The first-order chi connectivity index (χ1) is 6.07. The van der Waals surface area contributed by atoms with Crippen LogP contribution in [-0.4, -0.2) is 27.4 Å². The number of carboxylic acid groups (broad SMARTS) is 1. The molecule has 0 amide bonds. The minimum absolute atomic E-state index is 0.0464. The van der Waals surface area contributed by atoms with Crippen molar-refractivity contribution in [1.29, 1.82) is 0 Å². The maximum absolute atomic E-state index is 10.8. The highest BCUT2D eigenvalue weighted by atomic mass is 16.4. The lowest BCUT2D eigenvalue weighted by Crippen LogP contribution is -2.12. The number of rotatable bonds is 3. The van der Waals surface area contributed by atoms with Crippen molar-refractivity contribution >= 4 is 5.97 Å². The lowest BCUT2D eigenvalue weighted by atomic mass is 10.2. The van der Waals surface area contributed by atoms with Crippen LogP contribution in [-0.2, 0) is 6.54 Å². The van der Waals surface area contributed by atoms with E-state index in [1.54, 1.807) is 17.6 Å². The Hall–Kier alpha value is -1.29. The van der Waals surface area contributed by atoms with Gasteiger partial charge in [-0.3, -0.25) is 0 Å². The molecule has 0 spiro atoms. The van der Waals surface area contributed by atoms with Gasteiger partial charge in [-0.15, -0.1) is 0 Å². The fraction of sp³-hybridized carbons (Fsp3) is 0.444. The minimum Gasteiger partial charge on any atom is -0.477 e. The number of aliphatic hydroxyl groups excluding tert-OH is 1. The van der Waals surface area contributed by atoms with Gasteiger partial charge in [0.2, 0.25) is 0 Å². The zero-order chi connectivity index (χ0) is 10.0. The summed E-state index contributed by atoms with van der Waals surface area (Å²) in [6.45, 7) is 3.87. The van der Waals surface area contributed by atoms with Gasteiger partial charge in [0.05, 0.1) is 6.61 Å². The molecule has 0 aromatic carbocycles.